The topological polar surface area (TPSA) is 29.1 Å². The Balaban J connectivity index is 2.16. The number of carbonyl (C=O) groups excluding carboxylic acids is 1. The van der Waals surface area contributed by atoms with Crippen LogP contribution < -0.4 is 5.32 Å². The first-order valence-corrected chi connectivity index (χ1v) is 5.87. The van der Waals surface area contributed by atoms with Crippen LogP contribution >= 0.6 is 15.9 Å². The molecule has 0 aliphatic rings. The van der Waals surface area contributed by atoms with Crippen molar-refractivity contribution in [3.63, 3.8) is 0 Å². The summed E-state index contributed by atoms with van der Waals surface area (Å²) < 4.78 is 26.6. The van der Waals surface area contributed by atoms with Crippen LogP contribution in [0.4, 0.5) is 14.5 Å². The average Bonchev–Trinajstić information content (AvgIpc) is 2.35. The van der Waals surface area contributed by atoms with E-state index in [0.29, 0.717) is 5.69 Å². The van der Waals surface area contributed by atoms with E-state index < -0.39 is 17.5 Å². The van der Waals surface area contributed by atoms with Crippen molar-refractivity contribution in [3.8, 4) is 0 Å². The number of carbonyl (C=O) groups is 1. The summed E-state index contributed by atoms with van der Waals surface area (Å²) in [6.45, 7) is 0. The third kappa shape index (κ3) is 2.92. The first kappa shape index (κ1) is 12.7. The van der Waals surface area contributed by atoms with E-state index in [2.05, 4.69) is 21.2 Å². The summed E-state index contributed by atoms with van der Waals surface area (Å²) >= 11 is 3.27. The Bertz CT molecular complexity index is 584. The van der Waals surface area contributed by atoms with Crippen LogP contribution in [-0.2, 0) is 0 Å². The number of nitrogens with one attached hydrogen (secondary N) is 1. The lowest BCUT2D eigenvalue weighted by Gasteiger charge is -2.05. The molecule has 0 saturated carbocycles. The third-order valence-electron chi connectivity index (χ3n) is 2.28. The monoisotopic (exact) mass is 311 g/mol. The molecule has 1 amide bonds. The van der Waals surface area contributed by atoms with E-state index in [4.69, 9.17) is 0 Å². The smallest absolute Gasteiger partial charge is 0.255 e. The van der Waals surface area contributed by atoms with Gasteiger partial charge in [-0.15, -0.1) is 0 Å². The predicted molar refractivity (Wildman–Crippen MR) is 68.5 cm³/mol. The van der Waals surface area contributed by atoms with E-state index in [9.17, 15) is 13.6 Å². The van der Waals surface area contributed by atoms with E-state index in [1.807, 2.05) is 0 Å². The number of amides is 1. The molecule has 0 fully saturated rings. The minimum atomic E-state index is -1.04. The molecule has 0 bridgehead atoms. The first-order valence-electron chi connectivity index (χ1n) is 5.08. The Morgan fingerprint density at radius 3 is 2.28 bits per heavy atom. The Morgan fingerprint density at radius 1 is 1.00 bits per heavy atom. The van der Waals surface area contributed by atoms with Gasteiger partial charge in [-0.05, 0) is 42.5 Å². The molecule has 0 aliphatic heterocycles. The second-order valence-electron chi connectivity index (χ2n) is 3.59. The van der Waals surface area contributed by atoms with Gasteiger partial charge in [-0.2, -0.15) is 0 Å². The van der Waals surface area contributed by atoms with Gasteiger partial charge < -0.3 is 5.32 Å². The Hall–Kier alpha value is -1.75. The fourth-order valence-electron chi connectivity index (χ4n) is 1.37. The standard InChI is InChI=1S/C13H8BrF2NO/c14-9-2-4-10(5-3-9)17-13(18)8-1-6-11(15)12(16)7-8/h1-7H,(H,17,18). The van der Waals surface area contributed by atoms with Crippen LogP contribution in [0.5, 0.6) is 0 Å². The highest BCUT2D eigenvalue weighted by molar-refractivity contribution is 9.10. The van der Waals surface area contributed by atoms with Gasteiger partial charge >= 0.3 is 0 Å². The Morgan fingerprint density at radius 2 is 1.67 bits per heavy atom. The molecule has 0 aliphatic carbocycles. The van der Waals surface area contributed by atoms with Gasteiger partial charge in [0.15, 0.2) is 11.6 Å². The van der Waals surface area contributed by atoms with E-state index in [1.54, 1.807) is 24.3 Å². The first-order chi connectivity index (χ1) is 8.56. The zero-order valence-electron chi connectivity index (χ0n) is 9.08. The maximum Gasteiger partial charge on any atom is 0.255 e. The summed E-state index contributed by atoms with van der Waals surface area (Å²) in [5.41, 5.74) is 0.643. The van der Waals surface area contributed by atoms with Crippen LogP contribution in [0.3, 0.4) is 0 Å². The summed E-state index contributed by atoms with van der Waals surface area (Å²) in [6, 6.07) is 9.94. The summed E-state index contributed by atoms with van der Waals surface area (Å²) in [5, 5.41) is 2.58. The number of halogens is 3. The quantitative estimate of drug-likeness (QED) is 0.893. The van der Waals surface area contributed by atoms with Crippen LogP contribution in [0, 0.1) is 11.6 Å². The van der Waals surface area contributed by atoms with E-state index in [0.717, 1.165) is 16.6 Å². The van der Waals surface area contributed by atoms with Crippen LogP contribution in [0.15, 0.2) is 46.9 Å². The summed E-state index contributed by atoms with van der Waals surface area (Å²) in [7, 11) is 0. The molecule has 92 valence electrons. The van der Waals surface area contributed by atoms with Crippen molar-refractivity contribution >= 4 is 27.5 Å². The summed E-state index contributed by atoms with van der Waals surface area (Å²) in [4.78, 5) is 11.8. The fraction of sp³-hybridized carbons (Fsp3) is 0. The van der Waals surface area contributed by atoms with Crippen molar-refractivity contribution in [3.05, 3.63) is 64.1 Å². The normalized spacial score (nSPS) is 10.2. The number of benzene rings is 2. The van der Waals surface area contributed by atoms with Gasteiger partial charge in [0, 0.05) is 15.7 Å². The Kier molecular flexibility index (Phi) is 3.72. The molecule has 0 unspecified atom stereocenters. The maximum absolute atomic E-state index is 13.0. The zero-order chi connectivity index (χ0) is 13.1. The van der Waals surface area contributed by atoms with Crippen molar-refractivity contribution in [1.82, 2.24) is 0 Å². The lowest BCUT2D eigenvalue weighted by molar-refractivity contribution is 0.102. The molecule has 2 nitrogen and oxygen atoms in total. The number of rotatable bonds is 2. The summed E-state index contributed by atoms with van der Waals surface area (Å²) in [5.74, 6) is -2.51. The maximum atomic E-state index is 13.0. The highest BCUT2D eigenvalue weighted by Gasteiger charge is 2.09. The predicted octanol–water partition coefficient (Wildman–Crippen LogP) is 3.98. The lowest BCUT2D eigenvalue weighted by atomic mass is 10.2. The molecule has 0 heterocycles. The van der Waals surface area contributed by atoms with Crippen LogP contribution in [0.25, 0.3) is 0 Å². The van der Waals surface area contributed by atoms with Gasteiger partial charge in [0.05, 0.1) is 0 Å². The molecule has 0 atom stereocenters. The van der Waals surface area contributed by atoms with Crippen molar-refractivity contribution in [1.29, 1.82) is 0 Å². The molecule has 2 rings (SSSR count). The van der Waals surface area contributed by atoms with Crippen molar-refractivity contribution in [2.45, 2.75) is 0 Å². The molecular weight excluding hydrogens is 304 g/mol. The van der Waals surface area contributed by atoms with Crippen LogP contribution in [0.1, 0.15) is 10.4 Å². The highest BCUT2D eigenvalue weighted by Crippen LogP contribution is 2.16. The number of anilines is 1. The molecule has 0 spiro atoms. The van der Waals surface area contributed by atoms with Gasteiger partial charge in [0.1, 0.15) is 0 Å². The van der Waals surface area contributed by atoms with Gasteiger partial charge in [0.2, 0.25) is 0 Å². The van der Waals surface area contributed by atoms with Gasteiger partial charge in [-0.25, -0.2) is 8.78 Å². The minimum absolute atomic E-state index is 0.0665. The van der Waals surface area contributed by atoms with Crippen LogP contribution in [0.2, 0.25) is 0 Å². The zero-order valence-corrected chi connectivity index (χ0v) is 10.7. The van der Waals surface area contributed by atoms with Gasteiger partial charge in [-0.3, -0.25) is 4.79 Å². The highest BCUT2D eigenvalue weighted by atomic mass is 79.9. The summed E-state index contributed by atoms with van der Waals surface area (Å²) in [6.07, 6.45) is 0. The molecule has 18 heavy (non-hydrogen) atoms. The third-order valence-corrected chi connectivity index (χ3v) is 2.81. The molecule has 0 radical (unpaired) electrons. The SMILES string of the molecule is O=C(Nc1ccc(Br)cc1)c1ccc(F)c(F)c1. The minimum Gasteiger partial charge on any atom is -0.322 e. The average molecular weight is 312 g/mol. The van der Waals surface area contributed by atoms with Gasteiger partial charge in [-0.1, -0.05) is 15.9 Å². The Labute approximate surface area is 111 Å². The fourth-order valence-corrected chi connectivity index (χ4v) is 1.64. The second kappa shape index (κ2) is 5.27. The van der Waals surface area contributed by atoms with Crippen LogP contribution in [-0.4, -0.2) is 5.91 Å². The lowest BCUT2D eigenvalue weighted by Crippen LogP contribution is -2.12. The van der Waals surface area contributed by atoms with Crippen molar-refractivity contribution in [2.75, 3.05) is 5.32 Å². The van der Waals surface area contributed by atoms with Crippen molar-refractivity contribution in [2.24, 2.45) is 0 Å². The molecule has 2 aromatic carbocycles. The van der Waals surface area contributed by atoms with Gasteiger partial charge in [0.25, 0.3) is 5.91 Å². The number of hydrogen-bond acceptors (Lipinski definition) is 1. The molecule has 5 heteroatoms. The second-order valence-corrected chi connectivity index (χ2v) is 4.51. The molecule has 1 N–H and O–H groups in total. The molecule has 0 aromatic heterocycles. The molecule has 2 aromatic rings. The van der Waals surface area contributed by atoms with E-state index in [1.165, 1.54) is 6.07 Å². The van der Waals surface area contributed by atoms with Crippen molar-refractivity contribution < 1.29 is 13.6 Å². The molecule has 0 saturated heterocycles. The number of hydrogen-bond donors (Lipinski definition) is 1. The van der Waals surface area contributed by atoms with E-state index in [-0.39, 0.29) is 5.56 Å². The van der Waals surface area contributed by atoms with E-state index >= 15 is 0 Å². The largest absolute Gasteiger partial charge is 0.322 e. The molecular formula is C13H8BrF2NO.